The number of nitrogen functional groups attached to an aromatic ring is 1. The fourth-order valence-electron chi connectivity index (χ4n) is 15.0. The number of aliphatic carboxylic acids is 2. The molecule has 9 aromatic heterocycles. The number of nitrogens with one attached hydrogen (secondary N) is 3. The van der Waals surface area contributed by atoms with Gasteiger partial charge in [-0.3, -0.25) is 28.5 Å². The third-order valence-electron chi connectivity index (χ3n) is 21.2. The number of ketones is 1. The number of amides is 6. The summed E-state index contributed by atoms with van der Waals surface area (Å²) in [7, 11) is -1.00. The predicted molar refractivity (Wildman–Crippen MR) is 590 cm³/mol. The standard InChI is InChI=1S/C21H22ClN3O3S2.C19H20ClN3O2S2.C18H18ClN3OS2.C16H14ClN3OS2.C10H17NO3.C9H5ClN2S.2C2HF3O2.CH3F.2CH4/c1-11(26)23-18-17(19-24-14-9-12(22)5-6-15(14)29-19)13-7-8-25(10-16(13)30-18)20(27)28-21(2,3)4;1-19(2,3)25-18(24)23-7-6-11-14(9-23)26-16(21)15(11)17-22-12-8-10(20)4-5-13(12)27-17;1-3-22-7-6-12-15(9-22)25-17(20-10(2)23)16(12)18-21-13-8-11(19)4-5-14(13)24-18;1-8(21)19-15-14(10-4-5-18-7-13(10)23-15)16-20-11-6-9(17)2-3-12(11)22-16;1-10(2,3)14-9(13)11-6-4-8(12)5-7-11;10-6-1-2-8-7(5-6)12-9(13-8)3-4-11;2*3-2(4,5)1(6)7;1-2;;/h5-6,9H,7-8,10H2,1-4H3,(H,23,26);4-5,8H,6-7,9,21H2,1-3H3;4-5,8H,3,6-7,9H2,1-2H3,(H,20,23);2-3,6,18H,4-5,7H2,1H3,(H,19,21);4-7H2,1-3H3;1-2,5H,3H2;2*(H,6,7);1H3;2*1H4/i;;;;;;;;1D;;. The quantitative estimate of drug-likeness (QED) is 0.0577. The van der Waals surface area contributed by atoms with Crippen LogP contribution in [0.2, 0.25) is 25.1 Å². The molecule has 6 amide bonds. The lowest BCUT2D eigenvalue weighted by atomic mass is 10.0. The molecular formula is C100H109Cl5F7N15O14S9. The number of hydrogen-bond donors (Lipinski definition) is 6. The number of ether oxygens (including phenoxy) is 3. The van der Waals surface area contributed by atoms with E-state index < -0.39 is 48.2 Å². The van der Waals surface area contributed by atoms with Crippen molar-refractivity contribution in [3.63, 3.8) is 0 Å². The van der Waals surface area contributed by atoms with Gasteiger partial charge in [-0.2, -0.15) is 31.6 Å². The highest BCUT2D eigenvalue weighted by Crippen LogP contribution is 2.51. The first kappa shape index (κ1) is 121. The topological polar surface area (TPSA) is 405 Å². The van der Waals surface area contributed by atoms with E-state index in [2.05, 4.69) is 44.1 Å². The minimum atomic E-state index is -5.19. The van der Waals surface area contributed by atoms with Crippen LogP contribution in [-0.4, -0.2) is 185 Å². The average molecular weight is 2340 g/mol. The largest absolute Gasteiger partial charge is 0.542 e. The van der Waals surface area contributed by atoms with Crippen LogP contribution in [0, 0.1) is 11.3 Å². The number of quaternary nitrogens is 1. The molecule has 50 heteroatoms. The molecule has 0 bridgehead atoms. The SMILES string of the molecule is C.C.CC(=O)Nc1sc2c(c1-c1nc3cc(Cl)ccc3s1)CCN(C(=O)OC(C)(C)C)C2.CC(=O)Nc1sc2c(c1-c1nc3cc(Cl)ccc3s1)CC[NH2+]C2.CC(C)(C)OC(=O)N1CCC(=O)CC1.CC(C)(C)OC(=O)N1CCc2c(sc(N)c2-c2nc3cc(Cl)ccc3s2)C1.CCN1CCc2c(sc(NC(C)=O)c2-c2nc3cc(Cl)ccc3s2)C1.N#CCc1nc2cc(Cl)ccc2s1.O=C(O)C(F)(F)F.O=C([O-])C(F)(F)F.[2H]CF. The van der Waals surface area contributed by atoms with Crippen LogP contribution in [0.4, 0.5) is 65.1 Å². The zero-order valence-corrected chi connectivity index (χ0v) is 92.8. The summed E-state index contributed by atoms with van der Waals surface area (Å²) in [5, 5.41) is 46.9. The van der Waals surface area contributed by atoms with E-state index in [0.29, 0.717) is 90.1 Å². The van der Waals surface area contributed by atoms with E-state index in [1.807, 2.05) is 153 Å². The highest BCUT2D eigenvalue weighted by Gasteiger charge is 2.40. The van der Waals surface area contributed by atoms with Crippen LogP contribution in [0.5, 0.6) is 0 Å². The summed E-state index contributed by atoms with van der Waals surface area (Å²) >= 11 is 44.6. The molecule has 0 radical (unpaired) electrons. The van der Waals surface area contributed by atoms with Crippen molar-refractivity contribution in [3.05, 3.63) is 163 Å². The predicted octanol–water partition coefficient (Wildman–Crippen LogP) is 26.1. The van der Waals surface area contributed by atoms with Gasteiger partial charge in [0, 0.05) is 141 Å². The Morgan fingerprint density at radius 1 is 0.473 bits per heavy atom. The Morgan fingerprint density at radius 3 is 1.11 bits per heavy atom. The van der Waals surface area contributed by atoms with Gasteiger partial charge in [0.25, 0.3) is 0 Å². The van der Waals surface area contributed by atoms with Crippen molar-refractivity contribution in [1.82, 2.24) is 44.5 Å². The highest BCUT2D eigenvalue weighted by molar-refractivity contribution is 7.25. The number of alkyl halides is 7. The normalized spacial score (nSPS) is 13.7. The second kappa shape index (κ2) is 53.3. The van der Waals surface area contributed by atoms with E-state index >= 15 is 0 Å². The molecule has 19 rings (SSSR count). The lowest BCUT2D eigenvalue weighted by molar-refractivity contribution is -0.672. The number of carbonyl (C=O) groups excluding carboxylic acids is 8. The molecule has 150 heavy (non-hydrogen) atoms. The molecule has 0 unspecified atom stereocenters. The number of carbonyl (C=O) groups is 9. The zero-order valence-electron chi connectivity index (χ0n) is 82.7. The number of anilines is 4. The number of aromatic nitrogens is 5. The van der Waals surface area contributed by atoms with Gasteiger partial charge in [0.2, 0.25) is 17.7 Å². The lowest BCUT2D eigenvalue weighted by Gasteiger charge is -2.30. The Hall–Kier alpha value is -10.7. The third kappa shape index (κ3) is 33.9. The Balaban J connectivity index is 0.000000197. The molecule has 1 saturated heterocycles. The zero-order chi connectivity index (χ0) is 109. The van der Waals surface area contributed by atoms with Crippen molar-refractivity contribution in [2.75, 3.05) is 74.7 Å². The van der Waals surface area contributed by atoms with Crippen molar-refractivity contribution in [2.24, 2.45) is 0 Å². The third-order valence-corrected chi connectivity index (χ3v) is 32.1. The molecule has 0 saturated carbocycles. The smallest absolute Gasteiger partial charge is 0.490 e. The van der Waals surface area contributed by atoms with Gasteiger partial charge < -0.3 is 70.9 Å². The number of likely N-dealkylation sites (N-methyl/N-ethyl adjacent to an activating group) is 1. The van der Waals surface area contributed by atoms with Gasteiger partial charge in [-0.15, -0.1) is 102 Å². The number of Topliss-reactive ketones (excluding diaryl/α,β-unsaturated/α-hetero) is 1. The maximum atomic E-state index is 12.5. The molecule has 14 aromatic rings. The molecule has 14 heterocycles. The van der Waals surface area contributed by atoms with Gasteiger partial charge in [-0.05, 0) is 201 Å². The van der Waals surface area contributed by atoms with Crippen molar-refractivity contribution >= 4 is 285 Å². The number of nitrogens with two attached hydrogens (primary N) is 2. The van der Waals surface area contributed by atoms with Gasteiger partial charge in [-0.25, -0.2) is 44.1 Å². The molecule has 1 fully saturated rings. The number of piperidine rings is 1. The fraction of sp³-hybridized carbons (Fsp3) is 0.390. The van der Waals surface area contributed by atoms with E-state index in [1.54, 1.807) is 96.6 Å². The summed E-state index contributed by atoms with van der Waals surface area (Å²) in [4.78, 5) is 136. The second-order valence-corrected chi connectivity index (χ2v) is 47.9. The van der Waals surface area contributed by atoms with Crippen LogP contribution >= 0.6 is 160 Å². The average Bonchev–Trinajstić information content (AvgIpc) is 1.62. The maximum Gasteiger partial charge on any atom is 0.490 e. The molecule has 5 aromatic carbocycles. The monoisotopic (exact) mass is 2340 g/mol. The van der Waals surface area contributed by atoms with Crippen molar-refractivity contribution in [1.29, 1.82) is 5.26 Å². The first-order valence-electron chi connectivity index (χ1n) is 45.9. The van der Waals surface area contributed by atoms with Crippen molar-refractivity contribution in [2.45, 2.75) is 205 Å². The van der Waals surface area contributed by atoms with Gasteiger partial charge >= 0.3 is 36.6 Å². The number of thiazole rings is 5. The van der Waals surface area contributed by atoms with E-state index in [0.717, 1.165) is 186 Å². The number of carboxylic acid groups (broad SMARTS) is 2. The molecule has 29 nitrogen and oxygen atoms in total. The van der Waals surface area contributed by atoms with Gasteiger partial charge in [-0.1, -0.05) is 79.8 Å². The molecular weight excluding hydrogens is 2230 g/mol. The number of benzene rings is 5. The Morgan fingerprint density at radius 2 is 0.773 bits per heavy atom. The summed E-state index contributed by atoms with van der Waals surface area (Å²) in [5.74, 6) is -5.76. The molecule has 0 atom stereocenters. The maximum absolute atomic E-state index is 12.5. The highest BCUT2D eigenvalue weighted by atomic mass is 35.5. The number of rotatable bonds is 9. The number of thiophene rings is 4. The van der Waals surface area contributed by atoms with Gasteiger partial charge in [0.05, 0.1) is 102 Å². The number of halogens is 12. The number of nitriles is 1. The second-order valence-electron chi connectivity index (χ2n) is 36.0. The fourth-order valence-corrected chi connectivity index (χ4v) is 26.1. The first-order valence-corrected chi connectivity index (χ1v) is 54.5. The minimum Gasteiger partial charge on any atom is -0.542 e. The van der Waals surface area contributed by atoms with Crippen LogP contribution in [0.1, 0.15) is 166 Å². The lowest BCUT2D eigenvalue weighted by Crippen LogP contribution is -2.84. The molecule has 806 valence electrons. The summed E-state index contributed by atoms with van der Waals surface area (Å²) in [5.41, 5.74) is 18.4. The summed E-state index contributed by atoms with van der Waals surface area (Å²) in [6.07, 6.45) is -6.48. The molecule has 0 aliphatic carbocycles. The number of fused-ring (bicyclic) bond motifs is 9. The molecule has 8 N–H and O–H groups in total. The summed E-state index contributed by atoms with van der Waals surface area (Å²) in [6, 6.07) is 30.6. The summed E-state index contributed by atoms with van der Waals surface area (Å²) in [6.45, 7) is 31.7. The van der Waals surface area contributed by atoms with Crippen LogP contribution < -0.4 is 32.1 Å². The van der Waals surface area contributed by atoms with Crippen molar-refractivity contribution in [3.8, 4) is 48.4 Å². The van der Waals surface area contributed by atoms with E-state index in [-0.39, 0.29) is 56.6 Å². The minimum absolute atomic E-state index is 0. The van der Waals surface area contributed by atoms with Crippen LogP contribution in [0.3, 0.4) is 0 Å². The van der Waals surface area contributed by atoms with Gasteiger partial charge in [0.15, 0.2) is 0 Å². The van der Waals surface area contributed by atoms with E-state index in [1.165, 1.54) is 67.4 Å². The van der Waals surface area contributed by atoms with E-state index in [4.69, 9.17) is 124 Å². The summed E-state index contributed by atoms with van der Waals surface area (Å²) < 4.78 is 100. The number of carboxylic acids is 2. The van der Waals surface area contributed by atoms with Crippen LogP contribution in [0.15, 0.2) is 91.0 Å². The van der Waals surface area contributed by atoms with Crippen LogP contribution in [-0.2, 0) is 101 Å². The first-order chi connectivity index (χ1) is 69.9. The Kier molecular flexibility index (Phi) is 43.0. The van der Waals surface area contributed by atoms with Crippen LogP contribution in [0.25, 0.3) is 93.4 Å². The Labute approximate surface area is 923 Å². The molecule has 0 spiro atoms. The number of nitrogens with zero attached hydrogens (tertiary/aromatic N) is 10. The van der Waals surface area contributed by atoms with Crippen molar-refractivity contribution < 1.29 is 105 Å². The number of likely N-dealkylation sites (tertiary alicyclic amines) is 1. The Bertz CT molecular complexity index is 7290. The number of hydrogen-bond acceptors (Lipinski definition) is 30. The van der Waals surface area contributed by atoms with E-state index in [9.17, 15) is 64.3 Å². The van der Waals surface area contributed by atoms with Gasteiger partial charge in [0.1, 0.15) is 75.1 Å². The molecule has 5 aliphatic rings. The molecule has 5 aliphatic heterocycles.